The summed E-state index contributed by atoms with van der Waals surface area (Å²) in [7, 11) is -0.550. The summed E-state index contributed by atoms with van der Waals surface area (Å²) < 4.78 is 15.2. The predicted molar refractivity (Wildman–Crippen MR) is 193 cm³/mol. The van der Waals surface area contributed by atoms with Gasteiger partial charge in [-0.05, 0) is 69.2 Å². The van der Waals surface area contributed by atoms with E-state index >= 15 is 0 Å². The van der Waals surface area contributed by atoms with Gasteiger partial charge in [-0.25, -0.2) is 15.0 Å². The number of pyridine rings is 1. The number of nitrogens with zero attached hydrogens (tertiary/aromatic N) is 5. The van der Waals surface area contributed by atoms with Crippen molar-refractivity contribution in [1.29, 1.82) is 5.26 Å². The van der Waals surface area contributed by atoms with Gasteiger partial charge in [0.05, 0.1) is 28.4 Å². The van der Waals surface area contributed by atoms with Crippen molar-refractivity contribution in [1.82, 2.24) is 19.9 Å². The van der Waals surface area contributed by atoms with Crippen molar-refractivity contribution in [3.63, 3.8) is 0 Å². The molecule has 0 saturated carbocycles. The molecule has 48 heavy (non-hydrogen) atoms. The Hall–Kier alpha value is -5.27. The molecule has 4 heterocycles. The second kappa shape index (κ2) is 11.5. The average molecular weight is 644 g/mol. The fourth-order valence-electron chi connectivity index (χ4n) is 5.99. The van der Waals surface area contributed by atoms with Crippen LogP contribution in [0, 0.1) is 11.3 Å². The lowest BCUT2D eigenvalue weighted by atomic mass is 9.81. The van der Waals surface area contributed by atoms with Gasteiger partial charge in [0, 0.05) is 43.1 Å². The molecular weight excluding hydrogens is 613 g/mol. The first-order valence-corrected chi connectivity index (χ1v) is 16.6. The van der Waals surface area contributed by atoms with E-state index in [9.17, 15) is 5.26 Å². The van der Waals surface area contributed by atoms with E-state index in [1.807, 2.05) is 66.9 Å². The molecule has 1 aliphatic rings. The summed E-state index contributed by atoms with van der Waals surface area (Å²) in [6, 6.07) is 36.3. The topological polar surface area (TPSA) is 93.8 Å². The number of hydrogen-bond acceptors (Lipinski definition) is 8. The molecule has 0 aliphatic carbocycles. The smallest absolute Gasteiger partial charge is 0.398 e. The van der Waals surface area contributed by atoms with Crippen molar-refractivity contribution in [3.8, 4) is 51.4 Å². The quantitative estimate of drug-likeness (QED) is 0.174. The summed E-state index contributed by atoms with van der Waals surface area (Å²) >= 11 is 1.75. The molecule has 0 unspecified atom stereocenters. The molecule has 1 aliphatic heterocycles. The fourth-order valence-corrected chi connectivity index (χ4v) is 7.08. The Kier molecular flexibility index (Phi) is 7.18. The average Bonchev–Trinajstić information content (AvgIpc) is 3.60. The molecule has 7 aromatic rings. The molecule has 232 valence electrons. The minimum absolute atomic E-state index is 0.458. The number of fused-ring (bicyclic) bond motifs is 3. The van der Waals surface area contributed by atoms with Crippen molar-refractivity contribution in [2.75, 3.05) is 0 Å². The first-order valence-electron chi connectivity index (χ1n) is 15.8. The van der Waals surface area contributed by atoms with Crippen LogP contribution in [0.15, 0.2) is 109 Å². The van der Waals surface area contributed by atoms with Gasteiger partial charge >= 0.3 is 7.12 Å². The SMILES string of the molecule is CC1(C)OB(c2nccc3sc4ccc(-c5ccc(-c6nc(-c7ccccc7)nc(-c7ccccc7C#N)n6)cc5)cc4c23)OC1(C)C. The fraction of sp³-hybridized carbons (Fsp3) is 0.154. The maximum atomic E-state index is 9.78. The minimum Gasteiger partial charge on any atom is -0.398 e. The Morgan fingerprint density at radius 1 is 0.646 bits per heavy atom. The molecule has 0 atom stereocenters. The van der Waals surface area contributed by atoms with Crippen LogP contribution in [0.2, 0.25) is 0 Å². The molecule has 3 aromatic heterocycles. The van der Waals surface area contributed by atoms with E-state index in [2.05, 4.69) is 70.2 Å². The number of benzene rings is 4. The van der Waals surface area contributed by atoms with Crippen molar-refractivity contribution < 1.29 is 9.31 Å². The van der Waals surface area contributed by atoms with Gasteiger partial charge in [-0.2, -0.15) is 5.26 Å². The zero-order valence-corrected chi connectivity index (χ0v) is 27.7. The first-order chi connectivity index (χ1) is 23.2. The van der Waals surface area contributed by atoms with E-state index in [-0.39, 0.29) is 0 Å². The third-order valence-corrected chi connectivity index (χ3v) is 10.5. The molecule has 7 nitrogen and oxygen atoms in total. The highest BCUT2D eigenvalue weighted by molar-refractivity contribution is 7.26. The van der Waals surface area contributed by atoms with Crippen LogP contribution < -0.4 is 5.59 Å². The van der Waals surface area contributed by atoms with E-state index in [0.29, 0.717) is 28.6 Å². The van der Waals surface area contributed by atoms with Crippen LogP contribution in [0.4, 0.5) is 0 Å². The Morgan fingerprint density at radius 3 is 1.96 bits per heavy atom. The van der Waals surface area contributed by atoms with Crippen molar-refractivity contribution in [2.45, 2.75) is 38.9 Å². The Balaban J connectivity index is 1.19. The summed E-state index contributed by atoms with van der Waals surface area (Å²) in [6.45, 7) is 8.25. The van der Waals surface area contributed by atoms with Crippen molar-refractivity contribution in [2.24, 2.45) is 0 Å². The summed E-state index contributed by atoms with van der Waals surface area (Å²) in [5, 5.41) is 12.0. The zero-order valence-electron chi connectivity index (χ0n) is 26.9. The minimum atomic E-state index is -0.550. The first kappa shape index (κ1) is 30.1. The third-order valence-electron chi connectivity index (χ3n) is 9.32. The van der Waals surface area contributed by atoms with Crippen molar-refractivity contribution >= 4 is 44.2 Å². The van der Waals surface area contributed by atoms with Gasteiger partial charge in [-0.1, -0.05) is 72.8 Å². The monoisotopic (exact) mass is 643 g/mol. The van der Waals surface area contributed by atoms with Gasteiger partial charge in [-0.15, -0.1) is 11.3 Å². The molecule has 0 spiro atoms. The summed E-state index contributed by atoms with van der Waals surface area (Å²) in [6.07, 6.45) is 1.84. The molecule has 4 aromatic carbocycles. The van der Waals surface area contributed by atoms with Crippen LogP contribution in [0.5, 0.6) is 0 Å². The lowest BCUT2D eigenvalue weighted by molar-refractivity contribution is 0.00578. The molecule has 0 N–H and O–H groups in total. The van der Waals surface area contributed by atoms with Crippen LogP contribution >= 0.6 is 11.3 Å². The van der Waals surface area contributed by atoms with Crippen LogP contribution in [0.25, 0.3) is 65.5 Å². The van der Waals surface area contributed by atoms with E-state index in [4.69, 9.17) is 29.2 Å². The van der Waals surface area contributed by atoms with Gasteiger partial charge < -0.3 is 9.31 Å². The molecule has 1 saturated heterocycles. The predicted octanol–water partition coefficient (Wildman–Crippen LogP) is 8.47. The van der Waals surface area contributed by atoms with Gasteiger partial charge in [0.15, 0.2) is 17.5 Å². The van der Waals surface area contributed by atoms with Crippen LogP contribution in [0.1, 0.15) is 33.3 Å². The number of nitriles is 1. The maximum absolute atomic E-state index is 9.78. The molecular formula is C39H30BN5O2S. The maximum Gasteiger partial charge on any atom is 0.515 e. The van der Waals surface area contributed by atoms with Gasteiger partial charge in [0.2, 0.25) is 0 Å². The number of rotatable bonds is 5. The molecule has 0 radical (unpaired) electrons. The second-order valence-corrected chi connectivity index (χ2v) is 14.0. The Morgan fingerprint density at radius 2 is 1.25 bits per heavy atom. The lowest BCUT2D eigenvalue weighted by Gasteiger charge is -2.32. The highest BCUT2D eigenvalue weighted by Crippen LogP contribution is 2.40. The highest BCUT2D eigenvalue weighted by Gasteiger charge is 2.53. The lowest BCUT2D eigenvalue weighted by Crippen LogP contribution is -2.41. The molecule has 0 amide bonds. The van der Waals surface area contributed by atoms with Gasteiger partial charge in [0.25, 0.3) is 0 Å². The summed E-state index contributed by atoms with van der Waals surface area (Å²) in [4.78, 5) is 19.3. The summed E-state index contributed by atoms with van der Waals surface area (Å²) in [5.41, 5.74) is 4.95. The Labute approximate surface area is 283 Å². The van der Waals surface area contributed by atoms with E-state index in [1.165, 1.54) is 4.70 Å². The second-order valence-electron chi connectivity index (χ2n) is 12.9. The largest absolute Gasteiger partial charge is 0.515 e. The van der Waals surface area contributed by atoms with Crippen LogP contribution in [-0.2, 0) is 9.31 Å². The molecule has 9 heteroatoms. The van der Waals surface area contributed by atoms with Gasteiger partial charge in [-0.3, -0.25) is 4.98 Å². The van der Waals surface area contributed by atoms with Crippen LogP contribution in [-0.4, -0.2) is 38.3 Å². The standard InChI is InChI=1S/C39H30BN5O2S/c1-38(2)39(3,4)47-40(46-38)34-33-30-22-27(18-19-31(30)48-32(33)20-21-42-34)24-14-16-26(17-15-24)36-43-35(25-10-6-5-7-11-25)44-37(45-36)29-13-9-8-12-28(29)23-41/h5-22H,1-4H3. The number of aromatic nitrogens is 4. The number of hydrogen-bond donors (Lipinski definition) is 0. The highest BCUT2D eigenvalue weighted by atomic mass is 32.1. The number of thiophene rings is 1. The summed E-state index contributed by atoms with van der Waals surface area (Å²) in [5.74, 6) is 1.55. The van der Waals surface area contributed by atoms with Crippen LogP contribution in [0.3, 0.4) is 0 Å². The normalized spacial score (nSPS) is 15.2. The third kappa shape index (κ3) is 5.15. The van der Waals surface area contributed by atoms with E-state index < -0.39 is 18.3 Å². The zero-order chi connectivity index (χ0) is 33.0. The van der Waals surface area contributed by atoms with E-state index in [0.717, 1.165) is 43.3 Å². The molecule has 1 fully saturated rings. The molecule has 8 rings (SSSR count). The van der Waals surface area contributed by atoms with Crippen molar-refractivity contribution in [3.05, 3.63) is 115 Å². The van der Waals surface area contributed by atoms with E-state index in [1.54, 1.807) is 17.4 Å². The van der Waals surface area contributed by atoms with Gasteiger partial charge in [0.1, 0.15) is 0 Å². The Bertz CT molecular complexity index is 2370. The molecule has 0 bridgehead atoms.